The molecular formula is C20H20N2O3. The van der Waals surface area contributed by atoms with Crippen LogP contribution >= 0.6 is 0 Å². The summed E-state index contributed by atoms with van der Waals surface area (Å²) in [5.74, 6) is 1.22. The molecule has 0 saturated carbocycles. The number of carbonyl (C=O) groups excluding carboxylic acids is 1. The molecule has 0 aliphatic rings. The average molecular weight is 336 g/mol. The zero-order chi connectivity index (χ0) is 17.8. The standard InChI is InChI=1S/C20H20N2O3/c1-22(13-14-7-4-11-18(24-2)19(14)25-3)20(23)16-8-5-10-17-15(16)9-6-12-21-17/h4-12H,13H2,1-3H3. The van der Waals surface area contributed by atoms with Crippen molar-refractivity contribution in [2.75, 3.05) is 21.3 Å². The van der Waals surface area contributed by atoms with E-state index in [9.17, 15) is 4.79 Å². The van der Waals surface area contributed by atoms with Gasteiger partial charge in [0, 0.05) is 36.3 Å². The van der Waals surface area contributed by atoms with Crippen LogP contribution in [0.2, 0.25) is 0 Å². The Bertz CT molecular complexity index is 903. The molecule has 3 aromatic rings. The molecule has 128 valence electrons. The normalized spacial score (nSPS) is 10.5. The van der Waals surface area contributed by atoms with Crippen LogP contribution in [0.5, 0.6) is 11.5 Å². The van der Waals surface area contributed by atoms with E-state index in [1.165, 1.54) is 0 Å². The second kappa shape index (κ2) is 7.21. The second-order valence-corrected chi connectivity index (χ2v) is 5.69. The van der Waals surface area contributed by atoms with E-state index in [4.69, 9.17) is 9.47 Å². The Labute approximate surface area is 146 Å². The first kappa shape index (κ1) is 16.8. The SMILES string of the molecule is COc1cccc(CN(C)C(=O)c2cccc3ncccc23)c1OC. The van der Waals surface area contributed by atoms with E-state index in [0.29, 0.717) is 23.6 Å². The van der Waals surface area contributed by atoms with Crippen molar-refractivity contribution >= 4 is 16.8 Å². The highest BCUT2D eigenvalue weighted by Crippen LogP contribution is 2.31. The van der Waals surface area contributed by atoms with E-state index in [1.54, 1.807) is 32.4 Å². The Morgan fingerprint density at radius 2 is 1.84 bits per heavy atom. The van der Waals surface area contributed by atoms with Crippen LogP contribution in [-0.4, -0.2) is 37.1 Å². The zero-order valence-electron chi connectivity index (χ0n) is 14.5. The summed E-state index contributed by atoms with van der Waals surface area (Å²) in [6.45, 7) is 0.413. The molecule has 0 radical (unpaired) electrons. The van der Waals surface area contributed by atoms with Gasteiger partial charge in [0.25, 0.3) is 5.91 Å². The Hall–Kier alpha value is -3.08. The third-order valence-corrected chi connectivity index (χ3v) is 4.11. The first-order valence-corrected chi connectivity index (χ1v) is 7.94. The van der Waals surface area contributed by atoms with Crippen LogP contribution < -0.4 is 9.47 Å². The maximum atomic E-state index is 12.9. The summed E-state index contributed by atoms with van der Waals surface area (Å²) in [5.41, 5.74) is 2.33. The van der Waals surface area contributed by atoms with Crippen molar-refractivity contribution in [3.8, 4) is 11.5 Å². The molecule has 0 unspecified atom stereocenters. The molecule has 3 rings (SSSR count). The van der Waals surface area contributed by atoms with Crippen LogP contribution in [-0.2, 0) is 6.54 Å². The smallest absolute Gasteiger partial charge is 0.254 e. The molecule has 0 aliphatic heterocycles. The maximum absolute atomic E-state index is 12.9. The van der Waals surface area contributed by atoms with Gasteiger partial charge in [-0.15, -0.1) is 0 Å². The van der Waals surface area contributed by atoms with Crippen molar-refractivity contribution in [1.29, 1.82) is 0 Å². The minimum Gasteiger partial charge on any atom is -0.493 e. The average Bonchev–Trinajstić information content (AvgIpc) is 2.66. The number of rotatable bonds is 5. The van der Waals surface area contributed by atoms with E-state index in [-0.39, 0.29) is 5.91 Å². The fraction of sp³-hybridized carbons (Fsp3) is 0.200. The van der Waals surface area contributed by atoms with Crippen LogP contribution in [0.4, 0.5) is 0 Å². The quantitative estimate of drug-likeness (QED) is 0.715. The number of nitrogens with zero attached hydrogens (tertiary/aromatic N) is 2. The van der Waals surface area contributed by atoms with Crippen molar-refractivity contribution in [1.82, 2.24) is 9.88 Å². The number of carbonyl (C=O) groups is 1. The van der Waals surface area contributed by atoms with Gasteiger partial charge in [0.15, 0.2) is 11.5 Å². The number of fused-ring (bicyclic) bond motifs is 1. The molecule has 1 heterocycles. The highest BCUT2D eigenvalue weighted by Gasteiger charge is 2.18. The number of benzene rings is 2. The first-order chi connectivity index (χ1) is 12.2. The molecule has 0 saturated heterocycles. The third kappa shape index (κ3) is 3.26. The highest BCUT2D eigenvalue weighted by molar-refractivity contribution is 6.06. The summed E-state index contributed by atoms with van der Waals surface area (Å²) in [7, 11) is 4.97. The number of hydrogen-bond donors (Lipinski definition) is 0. The largest absolute Gasteiger partial charge is 0.493 e. The number of pyridine rings is 1. The molecule has 1 amide bonds. The molecule has 0 bridgehead atoms. The van der Waals surface area contributed by atoms with Crippen LogP contribution in [0.25, 0.3) is 10.9 Å². The number of methoxy groups -OCH3 is 2. The Balaban J connectivity index is 1.91. The lowest BCUT2D eigenvalue weighted by Crippen LogP contribution is -2.26. The van der Waals surface area contributed by atoms with E-state index in [1.807, 2.05) is 48.5 Å². The highest BCUT2D eigenvalue weighted by atomic mass is 16.5. The molecule has 0 N–H and O–H groups in total. The van der Waals surface area contributed by atoms with Gasteiger partial charge in [0.05, 0.1) is 19.7 Å². The molecule has 1 aromatic heterocycles. The van der Waals surface area contributed by atoms with E-state index in [2.05, 4.69) is 4.98 Å². The number of aromatic nitrogens is 1. The second-order valence-electron chi connectivity index (χ2n) is 5.69. The molecule has 2 aromatic carbocycles. The summed E-state index contributed by atoms with van der Waals surface area (Å²) in [6, 6.07) is 15.0. The molecule has 5 nitrogen and oxygen atoms in total. The number of para-hydroxylation sites is 1. The minimum absolute atomic E-state index is 0.0662. The summed E-state index contributed by atoms with van der Waals surface area (Å²) >= 11 is 0. The Kier molecular flexibility index (Phi) is 4.84. The molecular weight excluding hydrogens is 316 g/mol. The van der Waals surface area contributed by atoms with E-state index >= 15 is 0 Å². The Morgan fingerprint density at radius 3 is 2.60 bits per heavy atom. The summed E-state index contributed by atoms with van der Waals surface area (Å²) in [4.78, 5) is 18.9. The van der Waals surface area contributed by atoms with Gasteiger partial charge in [-0.2, -0.15) is 0 Å². The van der Waals surface area contributed by atoms with Gasteiger partial charge >= 0.3 is 0 Å². The van der Waals surface area contributed by atoms with Crippen molar-refractivity contribution < 1.29 is 14.3 Å². The molecule has 0 spiro atoms. The van der Waals surface area contributed by atoms with Crippen LogP contribution in [0, 0.1) is 0 Å². The lowest BCUT2D eigenvalue weighted by atomic mass is 10.1. The zero-order valence-corrected chi connectivity index (χ0v) is 14.5. The van der Waals surface area contributed by atoms with Gasteiger partial charge < -0.3 is 14.4 Å². The molecule has 25 heavy (non-hydrogen) atoms. The van der Waals surface area contributed by atoms with Gasteiger partial charge in [-0.3, -0.25) is 9.78 Å². The van der Waals surface area contributed by atoms with Crippen LogP contribution in [0.1, 0.15) is 15.9 Å². The van der Waals surface area contributed by atoms with Gasteiger partial charge in [-0.25, -0.2) is 0 Å². The third-order valence-electron chi connectivity index (χ3n) is 4.11. The van der Waals surface area contributed by atoms with Gasteiger partial charge in [0.2, 0.25) is 0 Å². The van der Waals surface area contributed by atoms with E-state index < -0.39 is 0 Å². The predicted molar refractivity (Wildman–Crippen MR) is 97.1 cm³/mol. The Morgan fingerprint density at radius 1 is 1.04 bits per heavy atom. The van der Waals surface area contributed by atoms with Gasteiger partial charge in [0.1, 0.15) is 0 Å². The van der Waals surface area contributed by atoms with Crippen molar-refractivity contribution in [2.45, 2.75) is 6.54 Å². The van der Waals surface area contributed by atoms with Crippen molar-refractivity contribution in [3.05, 3.63) is 65.9 Å². The molecule has 0 aliphatic carbocycles. The van der Waals surface area contributed by atoms with E-state index in [0.717, 1.165) is 16.5 Å². The van der Waals surface area contributed by atoms with Gasteiger partial charge in [-0.05, 0) is 24.3 Å². The summed E-state index contributed by atoms with van der Waals surface area (Å²) in [5, 5.41) is 0.847. The van der Waals surface area contributed by atoms with Crippen molar-refractivity contribution in [3.63, 3.8) is 0 Å². The van der Waals surface area contributed by atoms with Crippen LogP contribution in [0.15, 0.2) is 54.7 Å². The van der Waals surface area contributed by atoms with Crippen LogP contribution in [0.3, 0.4) is 0 Å². The van der Waals surface area contributed by atoms with Gasteiger partial charge in [-0.1, -0.05) is 24.3 Å². The molecule has 5 heteroatoms. The topological polar surface area (TPSA) is 51.7 Å². The number of hydrogen-bond acceptors (Lipinski definition) is 4. The lowest BCUT2D eigenvalue weighted by molar-refractivity contribution is 0.0786. The van der Waals surface area contributed by atoms with Crippen molar-refractivity contribution in [2.24, 2.45) is 0 Å². The molecule has 0 atom stereocenters. The fourth-order valence-corrected chi connectivity index (χ4v) is 2.90. The first-order valence-electron chi connectivity index (χ1n) is 7.94. The minimum atomic E-state index is -0.0662. The summed E-state index contributed by atoms with van der Waals surface area (Å²) in [6.07, 6.45) is 1.72. The predicted octanol–water partition coefficient (Wildman–Crippen LogP) is 3.52. The number of amides is 1. The number of ether oxygens (including phenoxy) is 2. The molecule has 0 fully saturated rings. The lowest BCUT2D eigenvalue weighted by Gasteiger charge is -2.20. The fourth-order valence-electron chi connectivity index (χ4n) is 2.90. The monoisotopic (exact) mass is 336 g/mol. The maximum Gasteiger partial charge on any atom is 0.254 e. The summed E-state index contributed by atoms with van der Waals surface area (Å²) < 4.78 is 10.8.